The molecule has 1 rings (SSSR count). The summed E-state index contributed by atoms with van der Waals surface area (Å²) in [6.45, 7) is 7.49. The Morgan fingerprint density at radius 2 is 1.29 bits per heavy atom. The minimum Gasteiger partial charge on any atom is -0.480 e. The molecule has 0 heterocycles. The highest BCUT2D eigenvalue weighted by molar-refractivity contribution is 7.80. The molecule has 0 aliphatic heterocycles. The molecule has 3 amide bonds. The quantitative estimate of drug-likeness (QED) is 0.213. The number of carboxylic acid groups (broad SMARTS) is 1. The van der Waals surface area contributed by atoms with E-state index in [0.29, 0.717) is 12.8 Å². The van der Waals surface area contributed by atoms with E-state index in [1.54, 1.807) is 0 Å². The first-order valence-electron chi connectivity index (χ1n) is 11.5. The number of hydrogen-bond acceptors (Lipinski definition) is 6. The highest BCUT2D eigenvalue weighted by Gasteiger charge is 2.30. The number of rotatable bonds is 14. The third-order valence-electron chi connectivity index (χ3n) is 5.11. The number of aliphatic carboxylic acids is 1. The molecule has 0 saturated heterocycles. The zero-order chi connectivity index (χ0) is 25.8. The Kier molecular flexibility index (Phi) is 12.7. The van der Waals surface area contributed by atoms with Crippen LogP contribution in [0, 0.1) is 11.8 Å². The first-order chi connectivity index (χ1) is 15.9. The fourth-order valence-corrected chi connectivity index (χ4v) is 3.63. The summed E-state index contributed by atoms with van der Waals surface area (Å²) in [5.74, 6) is -2.71. The van der Waals surface area contributed by atoms with Gasteiger partial charge in [0.25, 0.3) is 0 Å². The first-order valence-corrected chi connectivity index (χ1v) is 12.1. The number of amides is 3. The van der Waals surface area contributed by atoms with Gasteiger partial charge in [-0.1, -0.05) is 58.0 Å². The summed E-state index contributed by atoms with van der Waals surface area (Å²) in [6.07, 6.45) is 0.864. The number of nitrogens with one attached hydrogen (secondary N) is 3. The fraction of sp³-hybridized carbons (Fsp3) is 0.583. The molecule has 0 fully saturated rings. The second kappa shape index (κ2) is 14.6. The van der Waals surface area contributed by atoms with Crippen LogP contribution in [0.2, 0.25) is 0 Å². The fourth-order valence-electron chi connectivity index (χ4n) is 3.37. The average Bonchev–Trinajstić information content (AvgIpc) is 2.76. The predicted octanol–water partition coefficient (Wildman–Crippen LogP) is 1.12. The SMILES string of the molecule is CC(C)CC(NC(=O)C(CC(C)C)NC(=O)C(CS)NC(=O)C(N)Cc1ccccc1)C(=O)O. The molecule has 1 aromatic carbocycles. The van der Waals surface area contributed by atoms with Gasteiger partial charge in [0.2, 0.25) is 17.7 Å². The summed E-state index contributed by atoms with van der Waals surface area (Å²) in [4.78, 5) is 49.8. The predicted molar refractivity (Wildman–Crippen MR) is 134 cm³/mol. The van der Waals surface area contributed by atoms with Crippen molar-refractivity contribution in [2.24, 2.45) is 17.6 Å². The van der Waals surface area contributed by atoms with Gasteiger partial charge in [0.1, 0.15) is 18.1 Å². The van der Waals surface area contributed by atoms with Gasteiger partial charge in [-0.3, -0.25) is 14.4 Å². The number of benzene rings is 1. The molecule has 6 N–H and O–H groups in total. The second-order valence-corrected chi connectivity index (χ2v) is 9.62. The zero-order valence-electron chi connectivity index (χ0n) is 20.3. The Morgan fingerprint density at radius 3 is 1.79 bits per heavy atom. The Hall–Kier alpha value is -2.59. The molecule has 0 bridgehead atoms. The lowest BCUT2D eigenvalue weighted by Gasteiger charge is -2.26. The van der Waals surface area contributed by atoms with Crippen molar-refractivity contribution in [1.29, 1.82) is 0 Å². The van der Waals surface area contributed by atoms with Crippen LogP contribution in [0.15, 0.2) is 30.3 Å². The first kappa shape index (κ1) is 29.4. The summed E-state index contributed by atoms with van der Waals surface area (Å²) >= 11 is 4.17. The molecule has 0 saturated carbocycles. The molecule has 9 nitrogen and oxygen atoms in total. The van der Waals surface area contributed by atoms with E-state index in [1.165, 1.54) is 0 Å². The zero-order valence-corrected chi connectivity index (χ0v) is 21.2. The maximum absolute atomic E-state index is 12.9. The van der Waals surface area contributed by atoms with Crippen molar-refractivity contribution in [3.63, 3.8) is 0 Å². The summed E-state index contributed by atoms with van der Waals surface area (Å²) in [5, 5.41) is 17.2. The molecule has 4 atom stereocenters. The van der Waals surface area contributed by atoms with E-state index in [1.807, 2.05) is 58.0 Å². The Labute approximate surface area is 207 Å². The minimum absolute atomic E-state index is 0.00323. The van der Waals surface area contributed by atoms with Crippen LogP contribution < -0.4 is 21.7 Å². The number of carbonyl (C=O) groups is 4. The molecular weight excluding hydrogens is 456 g/mol. The van der Waals surface area contributed by atoms with Gasteiger partial charge in [-0.2, -0.15) is 12.6 Å². The van der Waals surface area contributed by atoms with Gasteiger partial charge in [0.05, 0.1) is 6.04 Å². The largest absolute Gasteiger partial charge is 0.480 e. The average molecular weight is 495 g/mol. The second-order valence-electron chi connectivity index (χ2n) is 9.26. The van der Waals surface area contributed by atoms with Crippen LogP contribution in [-0.4, -0.2) is 58.7 Å². The molecule has 0 spiro atoms. The van der Waals surface area contributed by atoms with Crippen molar-refractivity contribution < 1.29 is 24.3 Å². The molecule has 0 aromatic heterocycles. The normalized spacial score (nSPS) is 14.7. The third kappa shape index (κ3) is 10.6. The highest BCUT2D eigenvalue weighted by Crippen LogP contribution is 2.09. The van der Waals surface area contributed by atoms with E-state index in [-0.39, 0.29) is 24.0 Å². The smallest absolute Gasteiger partial charge is 0.326 e. The van der Waals surface area contributed by atoms with Gasteiger partial charge in [-0.05, 0) is 36.7 Å². The van der Waals surface area contributed by atoms with Crippen LogP contribution in [0.1, 0.15) is 46.1 Å². The maximum Gasteiger partial charge on any atom is 0.326 e. The van der Waals surface area contributed by atoms with Crippen LogP contribution in [0.25, 0.3) is 0 Å². The molecule has 4 unspecified atom stereocenters. The summed E-state index contributed by atoms with van der Waals surface area (Å²) in [7, 11) is 0. The van der Waals surface area contributed by atoms with Gasteiger partial charge < -0.3 is 26.8 Å². The van der Waals surface area contributed by atoms with E-state index >= 15 is 0 Å². The van der Waals surface area contributed by atoms with E-state index < -0.39 is 47.9 Å². The molecule has 190 valence electrons. The van der Waals surface area contributed by atoms with Crippen molar-refractivity contribution in [3.8, 4) is 0 Å². The van der Waals surface area contributed by atoms with Gasteiger partial charge >= 0.3 is 5.97 Å². The Bertz CT molecular complexity index is 819. The van der Waals surface area contributed by atoms with Gasteiger partial charge in [0.15, 0.2) is 0 Å². The van der Waals surface area contributed by atoms with E-state index in [9.17, 15) is 24.3 Å². The number of carboxylic acids is 1. The van der Waals surface area contributed by atoms with E-state index in [0.717, 1.165) is 5.56 Å². The van der Waals surface area contributed by atoms with Gasteiger partial charge in [-0.15, -0.1) is 0 Å². The molecule has 10 heteroatoms. The van der Waals surface area contributed by atoms with Gasteiger partial charge in [0, 0.05) is 5.75 Å². The minimum atomic E-state index is -1.13. The van der Waals surface area contributed by atoms with Crippen LogP contribution in [0.5, 0.6) is 0 Å². The Balaban J connectivity index is 2.83. The van der Waals surface area contributed by atoms with Crippen LogP contribution in [0.3, 0.4) is 0 Å². The lowest BCUT2D eigenvalue weighted by Crippen LogP contribution is -2.58. The molecule has 0 aliphatic rings. The lowest BCUT2D eigenvalue weighted by molar-refractivity contribution is -0.142. The van der Waals surface area contributed by atoms with Crippen molar-refractivity contribution in [3.05, 3.63) is 35.9 Å². The summed E-state index contributed by atoms with van der Waals surface area (Å²) < 4.78 is 0. The molecular formula is C24H38N4O5S. The summed E-state index contributed by atoms with van der Waals surface area (Å²) in [6, 6.07) is 5.38. The van der Waals surface area contributed by atoms with E-state index in [2.05, 4.69) is 28.6 Å². The number of hydrogen-bond donors (Lipinski definition) is 6. The molecule has 1 aromatic rings. The maximum atomic E-state index is 12.9. The van der Waals surface area contributed by atoms with Crippen molar-refractivity contribution in [1.82, 2.24) is 16.0 Å². The van der Waals surface area contributed by atoms with E-state index in [4.69, 9.17) is 5.73 Å². The van der Waals surface area contributed by atoms with Crippen LogP contribution in [-0.2, 0) is 25.6 Å². The lowest BCUT2D eigenvalue weighted by atomic mass is 10.0. The Morgan fingerprint density at radius 1 is 0.824 bits per heavy atom. The number of carbonyl (C=O) groups excluding carboxylic acids is 3. The molecule has 0 radical (unpaired) electrons. The standard InChI is InChI=1S/C24H38N4O5S/c1-14(2)10-18(22(30)27-19(24(32)33)11-15(3)4)26-23(31)20(13-34)28-21(29)17(25)12-16-8-6-5-7-9-16/h5-9,14-15,17-20,34H,10-13,25H2,1-4H3,(H,26,31)(H,27,30)(H,28,29)(H,32,33). The van der Waals surface area contributed by atoms with Crippen LogP contribution >= 0.6 is 12.6 Å². The molecule has 34 heavy (non-hydrogen) atoms. The third-order valence-corrected chi connectivity index (χ3v) is 5.48. The number of thiol groups is 1. The monoisotopic (exact) mass is 494 g/mol. The van der Waals surface area contributed by atoms with Crippen molar-refractivity contribution in [2.75, 3.05) is 5.75 Å². The topological polar surface area (TPSA) is 151 Å². The summed E-state index contributed by atoms with van der Waals surface area (Å²) in [5.41, 5.74) is 6.89. The van der Waals surface area contributed by atoms with Gasteiger partial charge in [-0.25, -0.2) is 4.79 Å². The molecule has 0 aliphatic carbocycles. The number of nitrogens with two attached hydrogens (primary N) is 1. The highest BCUT2D eigenvalue weighted by atomic mass is 32.1. The van der Waals surface area contributed by atoms with Crippen molar-refractivity contribution >= 4 is 36.3 Å². The van der Waals surface area contributed by atoms with Crippen molar-refractivity contribution in [2.45, 2.75) is 71.1 Å². The van der Waals surface area contributed by atoms with Crippen LogP contribution in [0.4, 0.5) is 0 Å².